The van der Waals surface area contributed by atoms with Gasteiger partial charge in [-0.3, -0.25) is 4.84 Å². The summed E-state index contributed by atoms with van der Waals surface area (Å²) in [5.41, 5.74) is 3.21. The zero-order chi connectivity index (χ0) is 18.3. The van der Waals surface area contributed by atoms with Gasteiger partial charge in [0.1, 0.15) is 5.75 Å². The molecule has 0 unspecified atom stereocenters. The van der Waals surface area contributed by atoms with Crippen LogP contribution >= 0.6 is 0 Å². The van der Waals surface area contributed by atoms with Crippen LogP contribution in [0.5, 0.6) is 5.75 Å². The third-order valence-corrected chi connectivity index (χ3v) is 4.12. The van der Waals surface area contributed by atoms with Crippen LogP contribution in [0.15, 0.2) is 42.5 Å². The van der Waals surface area contributed by atoms with Gasteiger partial charge in [0.2, 0.25) is 0 Å². The van der Waals surface area contributed by atoms with E-state index in [1.165, 1.54) is 19.2 Å². The van der Waals surface area contributed by atoms with E-state index in [2.05, 4.69) is 10.6 Å². The first kappa shape index (κ1) is 16.7. The monoisotopic (exact) mass is 363 g/mol. The van der Waals surface area contributed by atoms with E-state index in [-0.39, 0.29) is 6.10 Å². The molecule has 0 amide bonds. The lowest BCUT2D eigenvalue weighted by Gasteiger charge is -2.09. The number of anilines is 1. The Labute approximate surface area is 147 Å². The molecule has 26 heavy (non-hydrogen) atoms. The molecule has 8 heteroatoms. The van der Waals surface area contributed by atoms with Crippen LogP contribution in [0.25, 0.3) is 16.6 Å². The molecule has 0 bridgehead atoms. The third kappa shape index (κ3) is 3.20. The molecule has 0 atom stereocenters. The van der Waals surface area contributed by atoms with Crippen LogP contribution in [-0.2, 0) is 11.0 Å². The van der Waals surface area contributed by atoms with Crippen LogP contribution in [-0.4, -0.2) is 23.0 Å². The number of benzene rings is 2. The van der Waals surface area contributed by atoms with Gasteiger partial charge in [-0.2, -0.15) is 13.2 Å². The molecule has 1 fully saturated rings. The number of nitrogens with zero attached hydrogens (tertiary/aromatic N) is 2. The number of hydrogen-bond acceptors (Lipinski definition) is 4. The highest BCUT2D eigenvalue weighted by Crippen LogP contribution is 2.34. The Balaban J connectivity index is 1.79. The van der Waals surface area contributed by atoms with E-state index in [1.807, 2.05) is 18.2 Å². The summed E-state index contributed by atoms with van der Waals surface area (Å²) in [5.74, 6) is 1.18. The van der Waals surface area contributed by atoms with E-state index in [9.17, 15) is 13.2 Å². The minimum atomic E-state index is -4.38. The number of hydrogen-bond donors (Lipinski definition) is 1. The second-order valence-corrected chi connectivity index (χ2v) is 6.11. The van der Waals surface area contributed by atoms with Gasteiger partial charge in [-0.05, 0) is 49.2 Å². The summed E-state index contributed by atoms with van der Waals surface area (Å²) in [6.07, 6.45) is -2.07. The van der Waals surface area contributed by atoms with Gasteiger partial charge >= 0.3 is 6.18 Å². The average Bonchev–Trinajstić information content (AvgIpc) is 3.35. The molecule has 2 aromatic carbocycles. The van der Waals surface area contributed by atoms with Gasteiger partial charge in [-0.25, -0.2) is 10.2 Å². The normalized spacial score (nSPS) is 14.6. The fourth-order valence-corrected chi connectivity index (χ4v) is 2.71. The van der Waals surface area contributed by atoms with Crippen molar-refractivity contribution in [1.82, 2.24) is 9.78 Å². The van der Waals surface area contributed by atoms with Gasteiger partial charge in [0.05, 0.1) is 30.0 Å². The summed E-state index contributed by atoms with van der Waals surface area (Å²) in [5, 5.41) is 5.19. The molecule has 1 aromatic heterocycles. The second kappa shape index (κ2) is 6.21. The largest absolute Gasteiger partial charge is 0.490 e. The predicted molar refractivity (Wildman–Crippen MR) is 90.4 cm³/mol. The zero-order valence-corrected chi connectivity index (χ0v) is 13.9. The summed E-state index contributed by atoms with van der Waals surface area (Å²) < 4.78 is 45.8. The first-order valence-electron chi connectivity index (χ1n) is 8.12. The van der Waals surface area contributed by atoms with Crippen molar-refractivity contribution in [1.29, 1.82) is 0 Å². The molecule has 3 aromatic rings. The fourth-order valence-electron chi connectivity index (χ4n) is 2.71. The Morgan fingerprint density at radius 3 is 2.46 bits per heavy atom. The fraction of sp³-hybridized carbons (Fsp3) is 0.278. The summed E-state index contributed by atoms with van der Waals surface area (Å²) in [7, 11) is 1.47. The van der Waals surface area contributed by atoms with Gasteiger partial charge in [-0.1, -0.05) is 0 Å². The number of fused-ring (bicyclic) bond motifs is 1. The first-order valence-corrected chi connectivity index (χ1v) is 8.12. The van der Waals surface area contributed by atoms with Crippen molar-refractivity contribution in [2.24, 2.45) is 0 Å². The van der Waals surface area contributed by atoms with Crippen LogP contribution in [0.3, 0.4) is 0 Å². The maximum absolute atomic E-state index is 12.8. The molecule has 136 valence electrons. The van der Waals surface area contributed by atoms with Crippen molar-refractivity contribution in [3.05, 3.63) is 48.0 Å². The van der Waals surface area contributed by atoms with Gasteiger partial charge in [0.15, 0.2) is 5.82 Å². The molecular weight excluding hydrogens is 347 g/mol. The lowest BCUT2D eigenvalue weighted by Crippen LogP contribution is -2.05. The summed E-state index contributed by atoms with van der Waals surface area (Å²) in [6.45, 7) is 0. The molecule has 1 heterocycles. The van der Waals surface area contributed by atoms with Gasteiger partial charge in [0, 0.05) is 11.5 Å². The van der Waals surface area contributed by atoms with Crippen molar-refractivity contribution in [3.63, 3.8) is 0 Å². The lowest BCUT2D eigenvalue weighted by atomic mass is 10.2. The van der Waals surface area contributed by atoms with E-state index >= 15 is 0 Å². The molecule has 1 aliphatic carbocycles. The highest BCUT2D eigenvalue weighted by molar-refractivity contribution is 5.92. The van der Waals surface area contributed by atoms with Crippen molar-refractivity contribution < 1.29 is 22.7 Å². The number of halogens is 3. The van der Waals surface area contributed by atoms with Crippen molar-refractivity contribution in [2.75, 3.05) is 12.6 Å². The van der Waals surface area contributed by atoms with E-state index in [0.29, 0.717) is 22.8 Å². The van der Waals surface area contributed by atoms with Crippen molar-refractivity contribution in [3.8, 4) is 11.4 Å². The quantitative estimate of drug-likeness (QED) is 0.675. The summed E-state index contributed by atoms with van der Waals surface area (Å²) >= 11 is 0. The van der Waals surface area contributed by atoms with Crippen LogP contribution in [0, 0.1) is 0 Å². The number of nitrogens with one attached hydrogen (secondary N) is 1. The molecule has 0 aliphatic heterocycles. The van der Waals surface area contributed by atoms with Crippen molar-refractivity contribution >= 4 is 16.7 Å². The molecule has 1 saturated carbocycles. The first-order chi connectivity index (χ1) is 12.5. The standard InChI is InChI=1S/C18H16F3N3O2/c1-25-23-17-15-9-8-14(26-13-6-7-13)10-16(15)24(22-17)12-4-2-11(3-5-12)18(19,20)21/h2-5,8-10,13H,6-7H2,1H3,(H,22,23). The SMILES string of the molecule is CONc1nn(-c2ccc(C(F)(F)F)cc2)c2cc(OC3CC3)ccc12. The second-order valence-electron chi connectivity index (χ2n) is 6.11. The Kier molecular flexibility index (Phi) is 3.99. The number of rotatable bonds is 5. The Hall–Kier alpha value is -2.74. The Morgan fingerprint density at radius 1 is 1.12 bits per heavy atom. The number of aromatic nitrogens is 2. The summed E-state index contributed by atoms with van der Waals surface area (Å²) in [6, 6.07) is 10.4. The maximum atomic E-state index is 12.8. The molecule has 1 aliphatic rings. The molecule has 0 radical (unpaired) electrons. The number of ether oxygens (including phenoxy) is 1. The average molecular weight is 363 g/mol. The molecule has 0 spiro atoms. The van der Waals surface area contributed by atoms with Crippen LogP contribution in [0.1, 0.15) is 18.4 Å². The van der Waals surface area contributed by atoms with Crippen LogP contribution in [0.2, 0.25) is 0 Å². The van der Waals surface area contributed by atoms with Crippen molar-refractivity contribution in [2.45, 2.75) is 25.1 Å². The highest BCUT2D eigenvalue weighted by Gasteiger charge is 2.30. The zero-order valence-electron chi connectivity index (χ0n) is 13.9. The van der Waals surface area contributed by atoms with E-state index in [4.69, 9.17) is 9.57 Å². The smallest absolute Gasteiger partial charge is 0.416 e. The molecule has 0 saturated heterocycles. The minimum absolute atomic E-state index is 0.242. The van der Waals surface area contributed by atoms with Gasteiger partial charge in [0.25, 0.3) is 0 Å². The predicted octanol–water partition coefficient (Wildman–Crippen LogP) is 4.56. The topological polar surface area (TPSA) is 48.3 Å². The van der Waals surface area contributed by atoms with E-state index < -0.39 is 11.7 Å². The summed E-state index contributed by atoms with van der Waals surface area (Å²) in [4.78, 5) is 4.95. The minimum Gasteiger partial charge on any atom is -0.490 e. The lowest BCUT2D eigenvalue weighted by molar-refractivity contribution is -0.137. The highest BCUT2D eigenvalue weighted by atomic mass is 19.4. The van der Waals surface area contributed by atoms with Gasteiger partial charge < -0.3 is 4.74 Å². The Morgan fingerprint density at radius 2 is 1.85 bits per heavy atom. The molecule has 4 rings (SSSR count). The van der Waals surface area contributed by atoms with Gasteiger partial charge in [-0.15, -0.1) is 5.10 Å². The third-order valence-electron chi connectivity index (χ3n) is 4.12. The Bertz CT molecular complexity index is 931. The maximum Gasteiger partial charge on any atom is 0.416 e. The molecule has 1 N–H and O–H groups in total. The van der Waals surface area contributed by atoms with Crippen LogP contribution < -0.4 is 10.2 Å². The number of alkyl halides is 3. The molecule has 5 nitrogen and oxygen atoms in total. The van der Waals surface area contributed by atoms with E-state index in [0.717, 1.165) is 30.4 Å². The molecular formula is C18H16F3N3O2. The van der Waals surface area contributed by atoms with Crippen LogP contribution in [0.4, 0.5) is 19.0 Å². The van der Waals surface area contributed by atoms with E-state index in [1.54, 1.807) is 4.68 Å².